The van der Waals surface area contributed by atoms with Gasteiger partial charge in [0.15, 0.2) is 0 Å². The Morgan fingerprint density at radius 3 is 2.43 bits per heavy atom. The first-order valence-corrected chi connectivity index (χ1v) is 9.62. The molecule has 1 aliphatic heterocycles. The van der Waals surface area contributed by atoms with Gasteiger partial charge in [0.25, 0.3) is 0 Å². The van der Waals surface area contributed by atoms with Gasteiger partial charge in [-0.3, -0.25) is 0 Å². The van der Waals surface area contributed by atoms with Crippen LogP contribution >= 0.6 is 11.8 Å². The first-order chi connectivity index (χ1) is 10.3. The Morgan fingerprint density at radius 2 is 1.81 bits per heavy atom. The van der Waals surface area contributed by atoms with E-state index in [4.69, 9.17) is 0 Å². The lowest BCUT2D eigenvalue weighted by molar-refractivity contribution is 0.391. The molecular formula is C18H28N2S. The molecule has 1 aliphatic carbocycles. The summed E-state index contributed by atoms with van der Waals surface area (Å²) < 4.78 is 0.538. The lowest BCUT2D eigenvalue weighted by Crippen LogP contribution is -2.46. The predicted molar refractivity (Wildman–Crippen MR) is 94.4 cm³/mol. The molecule has 0 amide bonds. The van der Waals surface area contributed by atoms with E-state index >= 15 is 0 Å². The maximum absolute atomic E-state index is 3.88. The molecule has 2 aliphatic rings. The first kappa shape index (κ1) is 15.2. The monoisotopic (exact) mass is 304 g/mol. The number of thioether (sulfide) groups is 1. The number of para-hydroxylation sites is 1. The number of nitrogens with zero attached hydrogens (tertiary/aromatic N) is 1. The summed E-state index contributed by atoms with van der Waals surface area (Å²) in [6, 6.07) is 11.6. The number of hydrogen-bond acceptors (Lipinski definition) is 3. The van der Waals surface area contributed by atoms with Crippen molar-refractivity contribution in [2.75, 3.05) is 30.8 Å². The summed E-state index contributed by atoms with van der Waals surface area (Å²) in [6.45, 7) is 3.59. The van der Waals surface area contributed by atoms with Crippen LogP contribution in [0, 0.1) is 0 Å². The van der Waals surface area contributed by atoms with Crippen LogP contribution in [0.5, 0.6) is 0 Å². The molecule has 116 valence electrons. The summed E-state index contributed by atoms with van der Waals surface area (Å²) >= 11 is 2.09. The fraction of sp³-hybridized carbons (Fsp3) is 0.667. The van der Waals surface area contributed by atoms with E-state index in [-0.39, 0.29) is 0 Å². The van der Waals surface area contributed by atoms with Gasteiger partial charge in [-0.2, -0.15) is 11.8 Å². The van der Waals surface area contributed by atoms with Crippen LogP contribution in [0.4, 0.5) is 5.69 Å². The number of piperidine rings is 1. The van der Waals surface area contributed by atoms with Gasteiger partial charge in [0, 0.05) is 36.1 Å². The quantitative estimate of drug-likeness (QED) is 0.887. The van der Waals surface area contributed by atoms with E-state index in [0.29, 0.717) is 4.75 Å². The standard InChI is InChI=1S/C18H28N2S/c1-21-18(11-5-6-12-18)15-19-16-9-13-20(14-10-16)17-7-3-2-4-8-17/h2-4,7-8,16,19H,5-6,9-15H2,1H3. The molecule has 2 fully saturated rings. The second-order valence-electron chi connectivity index (χ2n) is 6.57. The number of nitrogens with one attached hydrogen (secondary N) is 1. The number of anilines is 1. The average Bonchev–Trinajstić information content (AvgIpc) is 3.04. The zero-order valence-electron chi connectivity index (χ0n) is 13.2. The van der Waals surface area contributed by atoms with Gasteiger partial charge in [-0.25, -0.2) is 0 Å². The molecule has 3 heteroatoms. The zero-order chi connectivity index (χ0) is 14.5. The highest BCUT2D eigenvalue weighted by atomic mass is 32.2. The smallest absolute Gasteiger partial charge is 0.0366 e. The van der Waals surface area contributed by atoms with Crippen LogP contribution in [0.2, 0.25) is 0 Å². The maximum Gasteiger partial charge on any atom is 0.0366 e. The summed E-state index contributed by atoms with van der Waals surface area (Å²) in [7, 11) is 0. The molecule has 21 heavy (non-hydrogen) atoms. The molecule has 2 nitrogen and oxygen atoms in total. The van der Waals surface area contributed by atoms with Gasteiger partial charge >= 0.3 is 0 Å². The van der Waals surface area contributed by atoms with Crippen molar-refractivity contribution < 1.29 is 0 Å². The van der Waals surface area contributed by atoms with Crippen LogP contribution in [0.25, 0.3) is 0 Å². The topological polar surface area (TPSA) is 15.3 Å². The van der Waals surface area contributed by atoms with Crippen molar-refractivity contribution in [1.82, 2.24) is 5.32 Å². The van der Waals surface area contributed by atoms with Crippen molar-refractivity contribution in [2.24, 2.45) is 0 Å². The van der Waals surface area contributed by atoms with Gasteiger partial charge in [0.05, 0.1) is 0 Å². The van der Waals surface area contributed by atoms with E-state index in [0.717, 1.165) is 6.04 Å². The van der Waals surface area contributed by atoms with Crippen molar-refractivity contribution >= 4 is 17.4 Å². The third-order valence-electron chi connectivity index (χ3n) is 5.28. The van der Waals surface area contributed by atoms with Gasteiger partial charge in [0.2, 0.25) is 0 Å². The molecule has 1 heterocycles. The molecule has 0 spiro atoms. The van der Waals surface area contributed by atoms with Crippen LogP contribution in [0.1, 0.15) is 38.5 Å². The Morgan fingerprint density at radius 1 is 1.14 bits per heavy atom. The molecule has 1 saturated carbocycles. The number of benzene rings is 1. The predicted octanol–water partition coefficient (Wildman–Crippen LogP) is 3.92. The molecule has 0 unspecified atom stereocenters. The van der Waals surface area contributed by atoms with Crippen molar-refractivity contribution in [3.05, 3.63) is 30.3 Å². The second-order valence-corrected chi connectivity index (χ2v) is 7.85. The molecule has 1 N–H and O–H groups in total. The van der Waals surface area contributed by atoms with Crippen LogP contribution in [-0.2, 0) is 0 Å². The van der Waals surface area contributed by atoms with E-state index in [1.54, 1.807) is 0 Å². The van der Waals surface area contributed by atoms with Gasteiger partial charge in [-0.1, -0.05) is 31.0 Å². The van der Waals surface area contributed by atoms with E-state index in [9.17, 15) is 0 Å². The molecule has 3 rings (SSSR count). The third kappa shape index (κ3) is 3.75. The van der Waals surface area contributed by atoms with E-state index in [1.165, 1.54) is 63.8 Å². The van der Waals surface area contributed by atoms with Gasteiger partial charge in [-0.15, -0.1) is 0 Å². The Hall–Kier alpha value is -0.670. The molecule has 0 bridgehead atoms. The Kier molecular flexibility index (Phi) is 5.12. The van der Waals surface area contributed by atoms with E-state index < -0.39 is 0 Å². The minimum absolute atomic E-state index is 0.538. The fourth-order valence-corrected chi connectivity index (χ4v) is 4.71. The third-order valence-corrected chi connectivity index (χ3v) is 6.70. The van der Waals surface area contributed by atoms with Crippen LogP contribution < -0.4 is 10.2 Å². The molecule has 1 saturated heterocycles. The van der Waals surface area contributed by atoms with Crippen molar-refractivity contribution in [2.45, 2.75) is 49.3 Å². The average molecular weight is 305 g/mol. The maximum atomic E-state index is 3.88. The highest BCUT2D eigenvalue weighted by Gasteiger charge is 2.33. The SMILES string of the molecule is CSC1(CNC2CCN(c3ccccc3)CC2)CCCC1. The summed E-state index contributed by atoms with van der Waals surface area (Å²) in [6.07, 6.45) is 10.5. The van der Waals surface area contributed by atoms with Crippen molar-refractivity contribution in [1.29, 1.82) is 0 Å². The highest BCUT2D eigenvalue weighted by Crippen LogP contribution is 2.39. The summed E-state index contributed by atoms with van der Waals surface area (Å²) in [5.74, 6) is 0. The van der Waals surface area contributed by atoms with E-state index in [1.807, 2.05) is 0 Å². The van der Waals surface area contributed by atoms with Crippen molar-refractivity contribution in [3.63, 3.8) is 0 Å². The minimum Gasteiger partial charge on any atom is -0.371 e. The molecular weight excluding hydrogens is 276 g/mol. The highest BCUT2D eigenvalue weighted by molar-refractivity contribution is 8.00. The fourth-order valence-electron chi connectivity index (χ4n) is 3.78. The first-order valence-electron chi connectivity index (χ1n) is 8.40. The molecule has 1 aromatic carbocycles. The number of hydrogen-bond donors (Lipinski definition) is 1. The normalized spacial score (nSPS) is 22.6. The number of rotatable bonds is 5. The van der Waals surface area contributed by atoms with Gasteiger partial charge in [0.1, 0.15) is 0 Å². The lowest BCUT2D eigenvalue weighted by atomic mass is 10.0. The van der Waals surface area contributed by atoms with E-state index in [2.05, 4.69) is 58.6 Å². The van der Waals surface area contributed by atoms with Crippen LogP contribution in [0.15, 0.2) is 30.3 Å². The molecule has 0 radical (unpaired) electrons. The van der Waals surface area contributed by atoms with Gasteiger partial charge < -0.3 is 10.2 Å². The van der Waals surface area contributed by atoms with Crippen LogP contribution in [-0.4, -0.2) is 36.7 Å². The molecule has 0 aromatic heterocycles. The lowest BCUT2D eigenvalue weighted by Gasteiger charge is -2.36. The summed E-state index contributed by atoms with van der Waals surface area (Å²) in [5.41, 5.74) is 1.38. The summed E-state index contributed by atoms with van der Waals surface area (Å²) in [4.78, 5) is 2.53. The second kappa shape index (κ2) is 7.06. The summed E-state index contributed by atoms with van der Waals surface area (Å²) in [5, 5.41) is 3.88. The minimum atomic E-state index is 0.538. The van der Waals surface area contributed by atoms with Gasteiger partial charge in [-0.05, 0) is 44.1 Å². The Balaban J connectivity index is 1.46. The Labute approximate surface area is 133 Å². The molecule has 0 atom stereocenters. The zero-order valence-corrected chi connectivity index (χ0v) is 14.0. The molecule has 1 aromatic rings. The Bertz CT molecular complexity index is 420. The largest absolute Gasteiger partial charge is 0.371 e. The van der Waals surface area contributed by atoms with Crippen LogP contribution in [0.3, 0.4) is 0 Å². The van der Waals surface area contributed by atoms with Crippen molar-refractivity contribution in [3.8, 4) is 0 Å².